The number of fused-ring (bicyclic) bond motifs is 2. The zero-order valence-corrected chi connectivity index (χ0v) is 32.3. The average Bonchev–Trinajstić information content (AvgIpc) is 3.62. The number of H-pyrrole nitrogens is 1. The fourth-order valence-electron chi connectivity index (χ4n) is 8.82. The van der Waals surface area contributed by atoms with Crippen molar-refractivity contribution in [3.63, 3.8) is 0 Å². The molecule has 6 heterocycles. The number of anilines is 2. The lowest BCUT2D eigenvalue weighted by Crippen LogP contribution is -2.52. The number of nitrogens with one attached hydrogen (secondary N) is 3. The Labute approximate surface area is 327 Å². The molecule has 1 unspecified atom stereocenters. The van der Waals surface area contributed by atoms with Crippen molar-refractivity contribution in [1.29, 1.82) is 0 Å². The maximum absolute atomic E-state index is 13.2. The van der Waals surface area contributed by atoms with E-state index >= 15 is 0 Å². The molecule has 4 fully saturated rings. The first-order valence-corrected chi connectivity index (χ1v) is 20.5. The summed E-state index contributed by atoms with van der Waals surface area (Å²) < 4.78 is 6.22. The number of aromatic nitrogens is 4. The molecule has 2 aromatic heterocycles. The van der Waals surface area contributed by atoms with Gasteiger partial charge in [-0.1, -0.05) is 6.07 Å². The van der Waals surface area contributed by atoms with Gasteiger partial charge in [-0.2, -0.15) is 5.10 Å². The number of piperidine rings is 2. The summed E-state index contributed by atoms with van der Waals surface area (Å²) >= 11 is 0. The van der Waals surface area contributed by atoms with Crippen molar-refractivity contribution in [3.05, 3.63) is 59.9 Å². The first kappa shape index (κ1) is 36.6. The molecule has 56 heavy (non-hydrogen) atoms. The molecule has 3 amide bonds. The van der Waals surface area contributed by atoms with E-state index in [1.54, 1.807) is 11.2 Å². The first-order chi connectivity index (χ1) is 27.3. The van der Waals surface area contributed by atoms with Crippen molar-refractivity contribution in [2.75, 3.05) is 69.1 Å². The summed E-state index contributed by atoms with van der Waals surface area (Å²) in [4.78, 5) is 55.7. The van der Waals surface area contributed by atoms with Crippen LogP contribution in [0.4, 0.5) is 11.5 Å². The summed E-state index contributed by atoms with van der Waals surface area (Å²) in [5.41, 5.74) is 5.12. The molecule has 5 aliphatic rings. The quantitative estimate of drug-likeness (QED) is 0.131. The number of benzene rings is 2. The summed E-state index contributed by atoms with van der Waals surface area (Å²) in [6.07, 6.45) is 9.11. The number of carbonyl (C=O) groups is 3. The summed E-state index contributed by atoms with van der Waals surface area (Å²) in [7, 11) is 0. The van der Waals surface area contributed by atoms with E-state index in [0.717, 1.165) is 136 Å². The Kier molecular flexibility index (Phi) is 10.1. The van der Waals surface area contributed by atoms with Gasteiger partial charge in [0.1, 0.15) is 35.2 Å². The van der Waals surface area contributed by atoms with Gasteiger partial charge in [0.15, 0.2) is 0 Å². The zero-order chi connectivity index (χ0) is 38.2. The number of aromatic amines is 1. The third kappa shape index (κ3) is 7.81. The van der Waals surface area contributed by atoms with Gasteiger partial charge >= 0.3 is 0 Å². The molecule has 9 rings (SSSR count). The molecule has 4 aliphatic heterocycles. The maximum Gasteiger partial charge on any atom is 0.255 e. The van der Waals surface area contributed by atoms with Crippen LogP contribution in [0.3, 0.4) is 0 Å². The van der Waals surface area contributed by atoms with E-state index in [2.05, 4.69) is 64.6 Å². The van der Waals surface area contributed by atoms with Gasteiger partial charge in [0.25, 0.3) is 5.91 Å². The number of likely N-dealkylation sites (tertiary alicyclic amines) is 1. The minimum Gasteiger partial charge on any atom is -0.488 e. The predicted molar refractivity (Wildman–Crippen MR) is 213 cm³/mol. The van der Waals surface area contributed by atoms with E-state index < -0.39 is 6.04 Å². The Morgan fingerprint density at radius 1 is 0.929 bits per heavy atom. The van der Waals surface area contributed by atoms with E-state index in [1.807, 2.05) is 30.3 Å². The molecule has 2 aromatic carbocycles. The smallest absolute Gasteiger partial charge is 0.255 e. The summed E-state index contributed by atoms with van der Waals surface area (Å²) in [5, 5.41) is 14.7. The minimum atomic E-state index is -0.597. The van der Waals surface area contributed by atoms with Crippen LogP contribution >= 0.6 is 0 Å². The van der Waals surface area contributed by atoms with Gasteiger partial charge in [-0.25, -0.2) is 9.97 Å². The van der Waals surface area contributed by atoms with E-state index in [4.69, 9.17) is 4.74 Å². The highest BCUT2D eigenvalue weighted by Crippen LogP contribution is 2.41. The van der Waals surface area contributed by atoms with Crippen LogP contribution in [0.15, 0.2) is 48.8 Å². The Bertz CT molecular complexity index is 2100. The van der Waals surface area contributed by atoms with Gasteiger partial charge in [0, 0.05) is 80.5 Å². The molecule has 1 atom stereocenters. The van der Waals surface area contributed by atoms with E-state index in [-0.39, 0.29) is 29.7 Å². The number of hydrogen-bond acceptors (Lipinski definition) is 11. The van der Waals surface area contributed by atoms with Crippen LogP contribution < -0.4 is 20.3 Å². The molecule has 1 aliphatic carbocycles. The van der Waals surface area contributed by atoms with E-state index in [0.29, 0.717) is 18.5 Å². The molecule has 0 spiro atoms. The van der Waals surface area contributed by atoms with Crippen LogP contribution in [-0.4, -0.2) is 123 Å². The SMILES string of the molecule is CC1(Oc2ccc3[nH]nc(-c4cc(N5CCN(CC6CCN(CCCCNc7cccc8c7CN(C7CCC(=O)NC7=O)C8=O)CC6)CC5)ncn4)c3c2)CC1. The van der Waals surface area contributed by atoms with Gasteiger partial charge < -0.3 is 24.8 Å². The highest BCUT2D eigenvalue weighted by atomic mass is 16.5. The van der Waals surface area contributed by atoms with Gasteiger partial charge in [-0.3, -0.25) is 29.7 Å². The Morgan fingerprint density at radius 2 is 1.77 bits per heavy atom. The number of hydrogen-bond donors (Lipinski definition) is 3. The third-order valence-electron chi connectivity index (χ3n) is 12.5. The van der Waals surface area contributed by atoms with E-state index in [9.17, 15) is 14.4 Å². The second-order valence-corrected chi connectivity index (χ2v) is 16.5. The summed E-state index contributed by atoms with van der Waals surface area (Å²) in [6.45, 7) is 11.9. The molecule has 1 saturated carbocycles. The lowest BCUT2D eigenvalue weighted by molar-refractivity contribution is -0.136. The number of carbonyl (C=O) groups excluding carboxylic acids is 3. The van der Waals surface area contributed by atoms with Crippen molar-refractivity contribution in [2.45, 2.75) is 76.5 Å². The minimum absolute atomic E-state index is 0.0372. The van der Waals surface area contributed by atoms with Crippen LogP contribution in [-0.2, 0) is 16.1 Å². The fraction of sp³-hybridized carbons (Fsp3) is 0.524. The largest absolute Gasteiger partial charge is 0.488 e. The van der Waals surface area contributed by atoms with Crippen molar-refractivity contribution < 1.29 is 19.1 Å². The summed E-state index contributed by atoms with van der Waals surface area (Å²) in [6, 6.07) is 13.3. The highest BCUT2D eigenvalue weighted by Gasteiger charge is 2.41. The number of imide groups is 1. The van der Waals surface area contributed by atoms with Crippen LogP contribution in [0.1, 0.15) is 74.2 Å². The fourth-order valence-corrected chi connectivity index (χ4v) is 8.82. The number of amides is 3. The zero-order valence-electron chi connectivity index (χ0n) is 32.3. The van der Waals surface area contributed by atoms with Crippen molar-refractivity contribution in [1.82, 2.24) is 40.2 Å². The van der Waals surface area contributed by atoms with Gasteiger partial charge in [0.05, 0.1) is 11.2 Å². The Hall–Kier alpha value is -5.08. The molecule has 294 valence electrons. The number of nitrogens with zero attached hydrogens (tertiary/aromatic N) is 7. The van der Waals surface area contributed by atoms with Crippen molar-refractivity contribution >= 4 is 40.1 Å². The first-order valence-electron chi connectivity index (χ1n) is 20.5. The maximum atomic E-state index is 13.2. The molecule has 3 saturated heterocycles. The topological polar surface area (TPSA) is 152 Å². The Morgan fingerprint density at radius 3 is 2.57 bits per heavy atom. The van der Waals surface area contributed by atoms with Crippen molar-refractivity contribution in [2.24, 2.45) is 5.92 Å². The lowest BCUT2D eigenvalue weighted by atomic mass is 9.95. The van der Waals surface area contributed by atoms with Gasteiger partial charge in [0.2, 0.25) is 11.8 Å². The molecule has 0 radical (unpaired) electrons. The van der Waals surface area contributed by atoms with Gasteiger partial charge in [-0.15, -0.1) is 0 Å². The monoisotopic (exact) mass is 760 g/mol. The van der Waals surface area contributed by atoms with Crippen LogP contribution in [0.5, 0.6) is 5.75 Å². The standard InChI is InChI=1S/C42H52N10O4/c1-42(13-14-42)56-29-7-8-34-31(23-29)39(48-47-34)35-24-37(45-27-44-35)51-21-19-50(20-22-51)25-28-11-17-49(18-12-28)16-3-2-15-43-33-6-4-5-30-32(33)26-52(41(30)55)36-9-10-38(53)46-40(36)54/h4-8,23-24,27-28,36,43H,2-3,9-22,25-26H2,1H3,(H,47,48)(H,46,53,54). The molecule has 3 N–H and O–H groups in total. The number of unbranched alkanes of at least 4 members (excludes halogenated alkanes) is 1. The van der Waals surface area contributed by atoms with Crippen molar-refractivity contribution in [3.8, 4) is 17.1 Å². The third-order valence-corrected chi connectivity index (χ3v) is 12.5. The van der Waals surface area contributed by atoms with Crippen LogP contribution in [0.25, 0.3) is 22.3 Å². The molecule has 4 aromatic rings. The predicted octanol–water partition coefficient (Wildman–Crippen LogP) is 4.44. The van der Waals surface area contributed by atoms with Crippen LogP contribution in [0, 0.1) is 5.92 Å². The molecular weight excluding hydrogens is 709 g/mol. The number of ether oxygens (including phenoxy) is 1. The number of piperazine rings is 1. The van der Waals surface area contributed by atoms with E-state index in [1.165, 1.54) is 12.8 Å². The van der Waals surface area contributed by atoms with Gasteiger partial charge in [-0.05, 0) is 108 Å². The molecule has 0 bridgehead atoms. The molecule has 14 heteroatoms. The lowest BCUT2D eigenvalue weighted by Gasteiger charge is -2.39. The normalized spacial score (nSPS) is 21.7. The molecule has 14 nitrogen and oxygen atoms in total. The number of rotatable bonds is 13. The summed E-state index contributed by atoms with van der Waals surface area (Å²) in [5.74, 6) is 1.77. The second-order valence-electron chi connectivity index (χ2n) is 16.5. The second kappa shape index (κ2) is 15.5. The molecular formula is C42H52N10O4. The highest BCUT2D eigenvalue weighted by molar-refractivity contribution is 6.06. The van der Waals surface area contributed by atoms with Crippen LogP contribution in [0.2, 0.25) is 0 Å². The average molecular weight is 761 g/mol. The Balaban J connectivity index is 0.689.